The monoisotopic (exact) mass is 323 g/mol. The third-order valence-corrected chi connectivity index (χ3v) is 4.92. The molecule has 0 aromatic carbocycles. The van der Waals surface area contributed by atoms with Gasteiger partial charge in [-0.1, -0.05) is 0 Å². The van der Waals surface area contributed by atoms with Crippen LogP contribution in [0.5, 0.6) is 0 Å². The van der Waals surface area contributed by atoms with E-state index in [1.807, 2.05) is 30.7 Å². The molecular weight excluding hydrogens is 306 g/mol. The van der Waals surface area contributed by atoms with Crippen LogP contribution in [0.15, 0.2) is 16.8 Å². The van der Waals surface area contributed by atoms with Crippen LogP contribution in [0.4, 0.5) is 5.00 Å². The van der Waals surface area contributed by atoms with Gasteiger partial charge in [-0.15, -0.1) is 11.3 Å². The molecule has 1 amide bonds. The van der Waals surface area contributed by atoms with Crippen LogP contribution in [-0.4, -0.2) is 18.5 Å². The number of anilines is 1. The first-order chi connectivity index (χ1) is 10.0. The van der Waals surface area contributed by atoms with Crippen molar-refractivity contribution in [3.05, 3.63) is 38.4 Å². The third kappa shape index (κ3) is 3.71. The highest BCUT2D eigenvalue weighted by Gasteiger charge is 2.22. The maximum Gasteiger partial charge on any atom is 0.341 e. The van der Waals surface area contributed by atoms with E-state index in [2.05, 4.69) is 5.32 Å². The summed E-state index contributed by atoms with van der Waals surface area (Å²) in [6.45, 7) is 5.88. The fourth-order valence-corrected chi connectivity index (χ4v) is 3.65. The number of hydrogen-bond donors (Lipinski definition) is 1. The summed E-state index contributed by atoms with van der Waals surface area (Å²) >= 11 is 2.96. The summed E-state index contributed by atoms with van der Waals surface area (Å²) in [5, 5.41) is 7.28. The molecule has 0 bridgehead atoms. The zero-order valence-corrected chi connectivity index (χ0v) is 13.8. The van der Waals surface area contributed by atoms with Crippen molar-refractivity contribution in [1.82, 2.24) is 0 Å². The van der Waals surface area contributed by atoms with Crippen molar-refractivity contribution < 1.29 is 14.3 Å². The van der Waals surface area contributed by atoms with Gasteiger partial charge in [0.05, 0.1) is 18.6 Å². The summed E-state index contributed by atoms with van der Waals surface area (Å²) in [5.74, 6) is -0.509. The maximum atomic E-state index is 12.1. The number of nitrogens with one attached hydrogen (secondary N) is 1. The maximum absolute atomic E-state index is 12.1. The van der Waals surface area contributed by atoms with Gasteiger partial charge in [-0.3, -0.25) is 4.79 Å². The van der Waals surface area contributed by atoms with E-state index in [0.29, 0.717) is 23.6 Å². The molecule has 0 unspecified atom stereocenters. The average Bonchev–Trinajstić information content (AvgIpc) is 2.99. The Kier molecular flexibility index (Phi) is 5.14. The quantitative estimate of drug-likeness (QED) is 0.852. The molecule has 0 spiro atoms. The molecule has 0 fully saturated rings. The largest absolute Gasteiger partial charge is 0.462 e. The highest BCUT2D eigenvalue weighted by Crippen LogP contribution is 2.33. The second-order valence-corrected chi connectivity index (χ2v) is 6.57. The van der Waals surface area contributed by atoms with E-state index in [1.54, 1.807) is 18.3 Å². The molecule has 1 N–H and O–H groups in total. The van der Waals surface area contributed by atoms with E-state index in [-0.39, 0.29) is 11.9 Å². The molecule has 2 aromatic heterocycles. The van der Waals surface area contributed by atoms with Gasteiger partial charge in [0.15, 0.2) is 0 Å². The van der Waals surface area contributed by atoms with Crippen molar-refractivity contribution in [2.45, 2.75) is 27.2 Å². The van der Waals surface area contributed by atoms with Crippen molar-refractivity contribution in [2.24, 2.45) is 0 Å². The van der Waals surface area contributed by atoms with Crippen LogP contribution in [-0.2, 0) is 16.0 Å². The van der Waals surface area contributed by atoms with Crippen LogP contribution >= 0.6 is 22.7 Å². The van der Waals surface area contributed by atoms with E-state index in [9.17, 15) is 9.59 Å². The van der Waals surface area contributed by atoms with Gasteiger partial charge < -0.3 is 10.1 Å². The van der Waals surface area contributed by atoms with E-state index in [4.69, 9.17) is 4.74 Å². The Morgan fingerprint density at radius 1 is 1.33 bits per heavy atom. The fourth-order valence-electron chi connectivity index (χ4n) is 1.91. The van der Waals surface area contributed by atoms with Crippen LogP contribution in [0.2, 0.25) is 0 Å². The Morgan fingerprint density at radius 3 is 2.71 bits per heavy atom. The molecule has 112 valence electrons. The van der Waals surface area contributed by atoms with Crippen molar-refractivity contribution in [2.75, 3.05) is 11.9 Å². The number of carbonyl (C=O) groups excluding carboxylic acids is 2. The van der Waals surface area contributed by atoms with Crippen LogP contribution in [0.25, 0.3) is 0 Å². The van der Waals surface area contributed by atoms with Crippen LogP contribution in [0.1, 0.15) is 33.3 Å². The second kappa shape index (κ2) is 6.87. The summed E-state index contributed by atoms with van der Waals surface area (Å²) in [4.78, 5) is 25.1. The molecular formula is C15H17NO3S2. The molecule has 6 heteroatoms. The number of hydrogen-bond acceptors (Lipinski definition) is 5. The van der Waals surface area contributed by atoms with Crippen molar-refractivity contribution in [1.29, 1.82) is 0 Å². The molecule has 2 rings (SSSR count). The number of aryl methyl sites for hydroxylation is 1. The molecule has 2 heterocycles. The predicted molar refractivity (Wildman–Crippen MR) is 86.4 cm³/mol. The smallest absolute Gasteiger partial charge is 0.341 e. The molecule has 0 saturated heterocycles. The SMILES string of the molecule is CCOC(=O)c1c(NC(=O)Cc2ccsc2)sc(C)c1C. The number of rotatable bonds is 5. The van der Waals surface area contributed by atoms with Gasteiger partial charge in [0.1, 0.15) is 5.00 Å². The lowest BCUT2D eigenvalue weighted by Crippen LogP contribution is -2.16. The van der Waals surface area contributed by atoms with Gasteiger partial charge in [-0.05, 0) is 48.7 Å². The molecule has 0 aliphatic rings. The number of amides is 1. The van der Waals surface area contributed by atoms with Crippen LogP contribution in [0, 0.1) is 13.8 Å². The lowest BCUT2D eigenvalue weighted by Gasteiger charge is -2.06. The molecule has 0 aliphatic heterocycles. The standard InChI is InChI=1S/C15H17NO3S2/c1-4-19-15(18)13-9(2)10(3)21-14(13)16-12(17)7-11-5-6-20-8-11/h5-6,8H,4,7H2,1-3H3,(H,16,17). The van der Waals surface area contributed by atoms with E-state index in [0.717, 1.165) is 16.0 Å². The summed E-state index contributed by atoms with van der Waals surface area (Å²) < 4.78 is 5.07. The highest BCUT2D eigenvalue weighted by molar-refractivity contribution is 7.16. The van der Waals surface area contributed by atoms with Crippen molar-refractivity contribution in [3.8, 4) is 0 Å². The van der Waals surface area contributed by atoms with Crippen LogP contribution in [0.3, 0.4) is 0 Å². The summed E-state index contributed by atoms with van der Waals surface area (Å²) in [5.41, 5.74) is 2.31. The summed E-state index contributed by atoms with van der Waals surface area (Å²) in [6, 6.07) is 1.92. The molecule has 0 aliphatic carbocycles. The summed E-state index contributed by atoms with van der Waals surface area (Å²) in [7, 11) is 0. The van der Waals surface area contributed by atoms with E-state index >= 15 is 0 Å². The molecule has 2 aromatic rings. The third-order valence-electron chi connectivity index (χ3n) is 3.06. The Labute approximate surface area is 131 Å². The minimum Gasteiger partial charge on any atom is -0.462 e. The van der Waals surface area contributed by atoms with Crippen molar-refractivity contribution in [3.63, 3.8) is 0 Å². The van der Waals surface area contributed by atoms with Gasteiger partial charge in [-0.25, -0.2) is 4.79 Å². The lowest BCUT2D eigenvalue weighted by molar-refractivity contribution is -0.115. The second-order valence-electron chi connectivity index (χ2n) is 4.56. The normalized spacial score (nSPS) is 10.4. The zero-order valence-electron chi connectivity index (χ0n) is 12.2. The predicted octanol–water partition coefficient (Wildman–Crippen LogP) is 3.78. The fraction of sp³-hybridized carbons (Fsp3) is 0.333. The number of carbonyl (C=O) groups is 2. The minimum atomic E-state index is -0.384. The number of thiophene rings is 2. The molecule has 0 saturated carbocycles. The number of esters is 1. The molecule has 0 atom stereocenters. The van der Waals surface area contributed by atoms with Gasteiger partial charge in [0.2, 0.25) is 5.91 Å². The molecule has 0 radical (unpaired) electrons. The zero-order chi connectivity index (χ0) is 15.4. The first-order valence-corrected chi connectivity index (χ1v) is 8.36. The van der Waals surface area contributed by atoms with Crippen LogP contribution < -0.4 is 5.32 Å². The van der Waals surface area contributed by atoms with Gasteiger partial charge >= 0.3 is 5.97 Å². The molecule has 4 nitrogen and oxygen atoms in total. The Balaban J connectivity index is 2.17. The minimum absolute atomic E-state index is 0.125. The first-order valence-electron chi connectivity index (χ1n) is 6.61. The Bertz CT molecular complexity index is 644. The van der Waals surface area contributed by atoms with Gasteiger partial charge in [0, 0.05) is 4.88 Å². The van der Waals surface area contributed by atoms with Crippen molar-refractivity contribution >= 4 is 39.6 Å². The lowest BCUT2D eigenvalue weighted by atomic mass is 10.1. The molecule has 21 heavy (non-hydrogen) atoms. The van der Waals surface area contributed by atoms with Gasteiger partial charge in [0.25, 0.3) is 0 Å². The average molecular weight is 323 g/mol. The first kappa shape index (κ1) is 15.7. The number of ether oxygens (including phenoxy) is 1. The Hall–Kier alpha value is -1.66. The Morgan fingerprint density at radius 2 is 2.10 bits per heavy atom. The van der Waals surface area contributed by atoms with Gasteiger partial charge in [-0.2, -0.15) is 11.3 Å². The summed E-state index contributed by atoms with van der Waals surface area (Å²) in [6.07, 6.45) is 0.307. The van der Waals surface area contributed by atoms with E-state index in [1.165, 1.54) is 11.3 Å². The topological polar surface area (TPSA) is 55.4 Å². The highest BCUT2D eigenvalue weighted by atomic mass is 32.1. The van der Waals surface area contributed by atoms with E-state index < -0.39 is 0 Å².